The molecular weight excluding hydrogens is 247 g/mol. The lowest BCUT2D eigenvalue weighted by Crippen LogP contribution is -2.26. The van der Waals surface area contributed by atoms with E-state index in [1.165, 1.54) is 12.1 Å². The third-order valence-corrected chi connectivity index (χ3v) is 2.65. The summed E-state index contributed by atoms with van der Waals surface area (Å²) >= 11 is 0. The number of hydrogen-bond donors (Lipinski definition) is 1. The van der Waals surface area contributed by atoms with Crippen LogP contribution in [0.4, 0.5) is 4.39 Å². The lowest BCUT2D eigenvalue weighted by Gasteiger charge is -2.16. The van der Waals surface area contributed by atoms with Crippen LogP contribution < -0.4 is 0 Å². The molecular formula is C14H17FN2O2. The van der Waals surface area contributed by atoms with E-state index >= 15 is 0 Å². The van der Waals surface area contributed by atoms with E-state index in [0.29, 0.717) is 19.0 Å². The molecule has 0 aliphatic heterocycles. The summed E-state index contributed by atoms with van der Waals surface area (Å²) in [6, 6.07) is 6.01. The predicted molar refractivity (Wildman–Crippen MR) is 69.9 cm³/mol. The van der Waals surface area contributed by atoms with Crippen LogP contribution in [0, 0.1) is 5.82 Å². The average molecular weight is 264 g/mol. The summed E-state index contributed by atoms with van der Waals surface area (Å²) in [6.45, 7) is 2.90. The van der Waals surface area contributed by atoms with Crippen molar-refractivity contribution < 1.29 is 13.9 Å². The molecule has 0 saturated carbocycles. The van der Waals surface area contributed by atoms with E-state index in [1.54, 1.807) is 25.3 Å². The fraction of sp³-hybridized carbons (Fsp3) is 0.357. The fourth-order valence-corrected chi connectivity index (χ4v) is 1.90. The molecule has 1 aromatic heterocycles. The number of aromatic nitrogens is 1. The van der Waals surface area contributed by atoms with E-state index in [0.717, 1.165) is 11.3 Å². The molecule has 1 N–H and O–H groups in total. The van der Waals surface area contributed by atoms with Crippen molar-refractivity contribution in [2.75, 3.05) is 13.6 Å². The fourth-order valence-electron chi connectivity index (χ4n) is 1.90. The summed E-state index contributed by atoms with van der Waals surface area (Å²) in [5, 5.41) is 9.29. The Morgan fingerprint density at radius 1 is 1.37 bits per heavy atom. The highest BCUT2D eigenvalue weighted by molar-refractivity contribution is 5.52. The quantitative estimate of drug-likeness (QED) is 0.900. The monoisotopic (exact) mass is 264 g/mol. The molecule has 1 heterocycles. The average Bonchev–Trinajstić information content (AvgIpc) is 2.77. The molecule has 1 unspecified atom stereocenters. The van der Waals surface area contributed by atoms with Crippen molar-refractivity contribution in [2.45, 2.75) is 19.6 Å². The van der Waals surface area contributed by atoms with Crippen LogP contribution in [0.1, 0.15) is 12.6 Å². The van der Waals surface area contributed by atoms with E-state index in [9.17, 15) is 9.50 Å². The number of oxazole rings is 1. The van der Waals surface area contributed by atoms with E-state index in [4.69, 9.17) is 4.42 Å². The Morgan fingerprint density at radius 2 is 2.05 bits per heavy atom. The largest absolute Gasteiger partial charge is 0.444 e. The van der Waals surface area contributed by atoms with Gasteiger partial charge in [0.2, 0.25) is 5.89 Å². The Labute approximate surface area is 111 Å². The first-order valence-corrected chi connectivity index (χ1v) is 6.11. The van der Waals surface area contributed by atoms with Gasteiger partial charge in [0.05, 0.1) is 11.8 Å². The lowest BCUT2D eigenvalue weighted by atomic mass is 10.2. The Bertz CT molecular complexity index is 522. The van der Waals surface area contributed by atoms with Crippen molar-refractivity contribution >= 4 is 0 Å². The summed E-state index contributed by atoms with van der Waals surface area (Å²) < 4.78 is 18.2. The maximum absolute atomic E-state index is 12.8. The smallest absolute Gasteiger partial charge is 0.226 e. The van der Waals surface area contributed by atoms with Gasteiger partial charge in [-0.15, -0.1) is 0 Å². The minimum absolute atomic E-state index is 0.285. The van der Waals surface area contributed by atoms with E-state index in [1.807, 2.05) is 11.9 Å². The second-order valence-corrected chi connectivity index (χ2v) is 4.70. The van der Waals surface area contributed by atoms with Gasteiger partial charge in [-0.1, -0.05) is 0 Å². The predicted octanol–water partition coefficient (Wildman–Crippen LogP) is 2.29. The molecule has 2 rings (SSSR count). The number of hydrogen-bond acceptors (Lipinski definition) is 4. The summed E-state index contributed by atoms with van der Waals surface area (Å²) in [6.07, 6.45) is 1.20. The lowest BCUT2D eigenvalue weighted by molar-refractivity contribution is 0.137. The highest BCUT2D eigenvalue weighted by Gasteiger charge is 2.10. The second-order valence-electron chi connectivity index (χ2n) is 4.70. The van der Waals surface area contributed by atoms with Gasteiger partial charge in [0.25, 0.3) is 0 Å². The first kappa shape index (κ1) is 13.7. The van der Waals surface area contributed by atoms with Gasteiger partial charge < -0.3 is 9.52 Å². The standard InChI is InChI=1S/C14H17FN2O2/c1-10(18)7-17(2)8-13-9-19-14(16-13)11-3-5-12(15)6-4-11/h3-6,9-10,18H,7-8H2,1-2H3. The highest BCUT2D eigenvalue weighted by Crippen LogP contribution is 2.19. The second kappa shape index (κ2) is 5.95. The maximum atomic E-state index is 12.8. The van der Waals surface area contributed by atoms with Crippen LogP contribution in [-0.2, 0) is 6.54 Å². The zero-order valence-electron chi connectivity index (χ0n) is 11.0. The summed E-state index contributed by atoms with van der Waals surface area (Å²) in [5.74, 6) is 0.188. The van der Waals surface area contributed by atoms with Crippen molar-refractivity contribution in [3.05, 3.63) is 42.0 Å². The van der Waals surface area contributed by atoms with Crippen molar-refractivity contribution in [2.24, 2.45) is 0 Å². The summed E-state index contributed by atoms with van der Waals surface area (Å²) in [4.78, 5) is 6.30. The zero-order chi connectivity index (χ0) is 13.8. The summed E-state index contributed by atoms with van der Waals surface area (Å²) in [5.41, 5.74) is 1.52. The van der Waals surface area contributed by atoms with Crippen LogP contribution in [0.25, 0.3) is 11.5 Å². The molecule has 102 valence electrons. The molecule has 1 atom stereocenters. The van der Waals surface area contributed by atoms with Crippen LogP contribution in [0.3, 0.4) is 0 Å². The van der Waals surface area contributed by atoms with Crippen LogP contribution in [0.5, 0.6) is 0 Å². The molecule has 4 nitrogen and oxygen atoms in total. The molecule has 0 spiro atoms. The van der Waals surface area contributed by atoms with Crippen LogP contribution in [-0.4, -0.2) is 34.7 Å². The van der Waals surface area contributed by atoms with E-state index in [2.05, 4.69) is 4.98 Å². The molecule has 2 aromatic rings. The third-order valence-electron chi connectivity index (χ3n) is 2.65. The minimum Gasteiger partial charge on any atom is -0.444 e. The Balaban J connectivity index is 2.04. The zero-order valence-corrected chi connectivity index (χ0v) is 11.0. The third kappa shape index (κ3) is 3.87. The molecule has 0 amide bonds. The maximum Gasteiger partial charge on any atom is 0.226 e. The van der Waals surface area contributed by atoms with E-state index in [-0.39, 0.29) is 11.9 Å². The number of halogens is 1. The van der Waals surface area contributed by atoms with Gasteiger partial charge in [0, 0.05) is 18.7 Å². The first-order valence-electron chi connectivity index (χ1n) is 6.11. The molecule has 1 aromatic carbocycles. The first-order chi connectivity index (χ1) is 9.04. The minimum atomic E-state index is -0.381. The van der Waals surface area contributed by atoms with E-state index < -0.39 is 0 Å². The number of aliphatic hydroxyl groups excluding tert-OH is 1. The normalized spacial score (nSPS) is 12.9. The molecule has 0 aliphatic carbocycles. The molecule has 0 radical (unpaired) electrons. The van der Waals surface area contributed by atoms with Gasteiger partial charge in [-0.05, 0) is 38.2 Å². The molecule has 0 aliphatic rings. The number of benzene rings is 1. The van der Waals surface area contributed by atoms with Crippen molar-refractivity contribution in [3.63, 3.8) is 0 Å². The van der Waals surface area contributed by atoms with Gasteiger partial charge in [-0.2, -0.15) is 0 Å². The Hall–Kier alpha value is -1.72. The molecule has 5 heteroatoms. The number of nitrogens with zero attached hydrogens (tertiary/aromatic N) is 2. The Morgan fingerprint density at radius 3 is 2.68 bits per heavy atom. The van der Waals surface area contributed by atoms with Crippen molar-refractivity contribution in [1.29, 1.82) is 0 Å². The van der Waals surface area contributed by atoms with Crippen LogP contribution >= 0.6 is 0 Å². The Kier molecular flexibility index (Phi) is 4.29. The van der Waals surface area contributed by atoms with Gasteiger partial charge in [-0.3, -0.25) is 4.90 Å². The number of aliphatic hydroxyl groups is 1. The van der Waals surface area contributed by atoms with Gasteiger partial charge in [0.15, 0.2) is 0 Å². The SMILES string of the molecule is CC(O)CN(C)Cc1coc(-c2ccc(F)cc2)n1. The van der Waals surface area contributed by atoms with Crippen LogP contribution in [0.15, 0.2) is 34.9 Å². The molecule has 0 fully saturated rings. The summed E-state index contributed by atoms with van der Waals surface area (Å²) in [7, 11) is 1.90. The van der Waals surface area contributed by atoms with Gasteiger partial charge in [-0.25, -0.2) is 9.37 Å². The van der Waals surface area contributed by atoms with Gasteiger partial charge in [0.1, 0.15) is 12.1 Å². The highest BCUT2D eigenvalue weighted by atomic mass is 19.1. The van der Waals surface area contributed by atoms with Crippen molar-refractivity contribution in [3.8, 4) is 11.5 Å². The topological polar surface area (TPSA) is 49.5 Å². The van der Waals surface area contributed by atoms with Crippen LogP contribution in [0.2, 0.25) is 0 Å². The number of rotatable bonds is 5. The van der Waals surface area contributed by atoms with Gasteiger partial charge >= 0.3 is 0 Å². The van der Waals surface area contributed by atoms with Crippen molar-refractivity contribution in [1.82, 2.24) is 9.88 Å². The number of likely N-dealkylation sites (N-methyl/N-ethyl adjacent to an activating group) is 1. The molecule has 0 bridgehead atoms. The molecule has 19 heavy (non-hydrogen) atoms. The molecule has 0 saturated heterocycles.